The highest BCUT2D eigenvalue weighted by Gasteiger charge is 2.47. The number of rotatable bonds is 4. The molecule has 1 aliphatic heterocycles. The second-order valence-corrected chi connectivity index (χ2v) is 12.5. The topological polar surface area (TPSA) is 35.5 Å². The van der Waals surface area contributed by atoms with Gasteiger partial charge in [0, 0.05) is 5.92 Å². The first-order valence-electron chi connectivity index (χ1n) is 7.89. The third kappa shape index (κ3) is 3.64. The molecule has 0 spiro atoms. The molecule has 3 nitrogen and oxygen atoms in total. The molecule has 0 aromatic heterocycles. The number of esters is 1. The predicted molar refractivity (Wildman–Crippen MR) is 85.2 cm³/mol. The van der Waals surface area contributed by atoms with Gasteiger partial charge in [-0.2, -0.15) is 0 Å². The molecule has 0 aromatic carbocycles. The largest absolute Gasteiger partial charge is 0.462 e. The van der Waals surface area contributed by atoms with E-state index in [4.69, 9.17) is 9.16 Å². The summed E-state index contributed by atoms with van der Waals surface area (Å²) in [6.07, 6.45) is 1.97. The van der Waals surface area contributed by atoms with Crippen LogP contribution in [-0.2, 0) is 14.0 Å². The summed E-state index contributed by atoms with van der Waals surface area (Å²) in [4.78, 5) is 12.1. The SMILES string of the molecule is CCC[C@@H]1OC(=O)[C@H](C)[C@H](O[Si](C)(C)C(C)(C)C)[C@H]1C. The van der Waals surface area contributed by atoms with Crippen molar-refractivity contribution in [2.45, 2.75) is 84.7 Å². The maximum Gasteiger partial charge on any atom is 0.311 e. The Morgan fingerprint density at radius 2 is 1.80 bits per heavy atom. The van der Waals surface area contributed by atoms with Crippen LogP contribution in [0.1, 0.15) is 54.4 Å². The Balaban J connectivity index is 2.92. The van der Waals surface area contributed by atoms with E-state index in [-0.39, 0.29) is 35.1 Å². The van der Waals surface area contributed by atoms with Crippen molar-refractivity contribution in [2.24, 2.45) is 11.8 Å². The maximum absolute atomic E-state index is 12.1. The van der Waals surface area contributed by atoms with Crippen molar-refractivity contribution in [1.82, 2.24) is 0 Å². The number of hydrogen-bond donors (Lipinski definition) is 0. The molecule has 1 rings (SSSR count). The van der Waals surface area contributed by atoms with Gasteiger partial charge < -0.3 is 9.16 Å². The Morgan fingerprint density at radius 1 is 1.25 bits per heavy atom. The predicted octanol–water partition coefficient (Wildman–Crippen LogP) is 4.37. The van der Waals surface area contributed by atoms with E-state index in [1.165, 1.54) is 0 Å². The fourth-order valence-corrected chi connectivity index (χ4v) is 3.95. The average Bonchev–Trinajstić information content (AvgIpc) is 2.30. The van der Waals surface area contributed by atoms with Crippen LogP contribution in [0.25, 0.3) is 0 Å². The summed E-state index contributed by atoms with van der Waals surface area (Å²) in [7, 11) is -1.87. The number of ether oxygens (including phenoxy) is 1. The smallest absolute Gasteiger partial charge is 0.311 e. The molecule has 118 valence electrons. The Bertz CT molecular complexity index is 346. The third-order valence-corrected chi connectivity index (χ3v) is 9.52. The highest BCUT2D eigenvalue weighted by molar-refractivity contribution is 6.74. The van der Waals surface area contributed by atoms with Crippen molar-refractivity contribution < 1.29 is 14.0 Å². The van der Waals surface area contributed by atoms with Gasteiger partial charge in [-0.3, -0.25) is 4.79 Å². The van der Waals surface area contributed by atoms with Crippen LogP contribution in [0, 0.1) is 11.8 Å². The highest BCUT2D eigenvalue weighted by Crippen LogP contribution is 2.41. The summed E-state index contributed by atoms with van der Waals surface area (Å²) in [5.41, 5.74) is 0. The van der Waals surface area contributed by atoms with Crippen LogP contribution >= 0.6 is 0 Å². The van der Waals surface area contributed by atoms with E-state index in [1.54, 1.807) is 0 Å². The van der Waals surface area contributed by atoms with Gasteiger partial charge in [-0.05, 0) is 31.5 Å². The second kappa shape index (κ2) is 6.18. The molecule has 0 unspecified atom stereocenters. The van der Waals surface area contributed by atoms with Gasteiger partial charge in [-0.25, -0.2) is 0 Å². The lowest BCUT2D eigenvalue weighted by Gasteiger charge is -2.46. The molecular weight excluding hydrogens is 268 g/mol. The molecule has 1 aliphatic rings. The van der Waals surface area contributed by atoms with Crippen LogP contribution in [0.4, 0.5) is 0 Å². The fourth-order valence-electron chi connectivity index (χ4n) is 2.50. The van der Waals surface area contributed by atoms with Crippen molar-refractivity contribution in [3.8, 4) is 0 Å². The zero-order valence-corrected chi connectivity index (χ0v) is 15.4. The molecule has 4 heteroatoms. The molecular formula is C16H32O3Si. The molecule has 0 radical (unpaired) electrons. The molecule has 0 aliphatic carbocycles. The Morgan fingerprint density at radius 3 is 2.25 bits per heavy atom. The summed E-state index contributed by atoms with van der Waals surface area (Å²) in [6.45, 7) is 17.4. The maximum atomic E-state index is 12.1. The van der Waals surface area contributed by atoms with E-state index in [2.05, 4.69) is 47.7 Å². The quantitative estimate of drug-likeness (QED) is 0.571. The molecule has 1 heterocycles. The van der Waals surface area contributed by atoms with Crippen LogP contribution in [-0.4, -0.2) is 26.5 Å². The lowest BCUT2D eigenvalue weighted by atomic mass is 9.85. The van der Waals surface area contributed by atoms with Gasteiger partial charge in [0.15, 0.2) is 8.32 Å². The van der Waals surface area contributed by atoms with E-state index in [1.807, 2.05) is 6.92 Å². The van der Waals surface area contributed by atoms with E-state index < -0.39 is 8.32 Å². The standard InChI is InChI=1S/C16H32O3Si/c1-9-10-13-11(2)14(12(3)15(17)18-13)19-20(7,8)16(4,5)6/h11-14H,9-10H2,1-8H3/t11-,12+,13-,14+/m0/s1. The van der Waals surface area contributed by atoms with Crippen molar-refractivity contribution >= 4 is 14.3 Å². The molecule has 0 amide bonds. The van der Waals surface area contributed by atoms with Crippen LogP contribution < -0.4 is 0 Å². The molecule has 0 N–H and O–H groups in total. The van der Waals surface area contributed by atoms with E-state index in [9.17, 15) is 4.79 Å². The second-order valence-electron chi connectivity index (χ2n) is 7.75. The summed E-state index contributed by atoms with van der Waals surface area (Å²) >= 11 is 0. The van der Waals surface area contributed by atoms with Gasteiger partial charge >= 0.3 is 5.97 Å². The van der Waals surface area contributed by atoms with Gasteiger partial charge in [0.1, 0.15) is 6.10 Å². The monoisotopic (exact) mass is 300 g/mol. The number of carbonyl (C=O) groups is 1. The minimum absolute atomic E-state index is 0.00584. The lowest BCUT2D eigenvalue weighted by Crippen LogP contribution is -2.54. The zero-order chi connectivity index (χ0) is 15.7. The third-order valence-electron chi connectivity index (χ3n) is 5.05. The van der Waals surface area contributed by atoms with E-state index in [0.717, 1.165) is 12.8 Å². The number of hydrogen-bond acceptors (Lipinski definition) is 3. The van der Waals surface area contributed by atoms with Crippen molar-refractivity contribution in [3.63, 3.8) is 0 Å². The Kier molecular flexibility index (Phi) is 5.47. The van der Waals surface area contributed by atoms with Crippen LogP contribution in [0.3, 0.4) is 0 Å². The normalized spacial score (nSPS) is 32.1. The van der Waals surface area contributed by atoms with E-state index >= 15 is 0 Å². The molecule has 4 atom stereocenters. The first-order valence-corrected chi connectivity index (χ1v) is 10.8. The number of carbonyl (C=O) groups excluding carboxylic acids is 1. The Hall–Kier alpha value is -0.353. The van der Waals surface area contributed by atoms with Gasteiger partial charge in [0.25, 0.3) is 0 Å². The molecule has 0 saturated carbocycles. The van der Waals surface area contributed by atoms with Crippen molar-refractivity contribution in [2.75, 3.05) is 0 Å². The van der Waals surface area contributed by atoms with Gasteiger partial charge in [0.2, 0.25) is 0 Å². The summed E-state index contributed by atoms with van der Waals surface area (Å²) in [6, 6.07) is 0. The fraction of sp³-hybridized carbons (Fsp3) is 0.938. The Labute approximate surface area is 125 Å². The van der Waals surface area contributed by atoms with E-state index in [0.29, 0.717) is 0 Å². The van der Waals surface area contributed by atoms with Crippen LogP contribution in [0.5, 0.6) is 0 Å². The zero-order valence-electron chi connectivity index (χ0n) is 14.4. The van der Waals surface area contributed by atoms with Crippen molar-refractivity contribution in [3.05, 3.63) is 0 Å². The first-order chi connectivity index (χ1) is 9.01. The average molecular weight is 301 g/mol. The number of cyclic esters (lactones) is 1. The summed E-state index contributed by atoms with van der Waals surface area (Å²) in [5, 5.41) is 0.161. The summed E-state index contributed by atoms with van der Waals surface area (Å²) in [5.74, 6) is 0.0225. The first kappa shape index (κ1) is 17.7. The minimum Gasteiger partial charge on any atom is -0.462 e. The van der Waals surface area contributed by atoms with Gasteiger partial charge in [-0.15, -0.1) is 0 Å². The van der Waals surface area contributed by atoms with Gasteiger partial charge in [-0.1, -0.05) is 41.0 Å². The molecule has 1 fully saturated rings. The summed E-state index contributed by atoms with van der Waals surface area (Å²) < 4.78 is 12.1. The van der Waals surface area contributed by atoms with Crippen molar-refractivity contribution in [1.29, 1.82) is 0 Å². The molecule has 0 aromatic rings. The minimum atomic E-state index is -1.87. The molecule has 1 saturated heterocycles. The highest BCUT2D eigenvalue weighted by atomic mass is 28.4. The van der Waals surface area contributed by atoms with Crippen LogP contribution in [0.15, 0.2) is 0 Å². The lowest BCUT2D eigenvalue weighted by molar-refractivity contribution is -0.176. The van der Waals surface area contributed by atoms with Crippen LogP contribution in [0.2, 0.25) is 18.1 Å². The van der Waals surface area contributed by atoms with Gasteiger partial charge in [0.05, 0.1) is 12.0 Å². The molecule has 20 heavy (non-hydrogen) atoms. The molecule has 0 bridgehead atoms.